The molecule has 0 spiro atoms. The van der Waals surface area contributed by atoms with E-state index >= 15 is 0 Å². The minimum Gasteiger partial charge on any atom is -0.494 e. The minimum atomic E-state index is 0.744. The van der Waals surface area contributed by atoms with Gasteiger partial charge >= 0.3 is 0 Å². The largest absolute Gasteiger partial charge is 0.494 e. The van der Waals surface area contributed by atoms with Gasteiger partial charge in [-0.2, -0.15) is 0 Å². The molecule has 1 aliphatic rings. The summed E-state index contributed by atoms with van der Waals surface area (Å²) in [6, 6.07) is 6.04. The van der Waals surface area contributed by atoms with Gasteiger partial charge in [-0.15, -0.1) is 0 Å². The fourth-order valence-corrected chi connectivity index (χ4v) is 2.50. The van der Waals surface area contributed by atoms with E-state index in [9.17, 15) is 0 Å². The van der Waals surface area contributed by atoms with Crippen LogP contribution in [0.5, 0.6) is 5.75 Å². The first kappa shape index (κ1) is 14.6. The third kappa shape index (κ3) is 4.68. The molecule has 0 aromatic heterocycles. The van der Waals surface area contributed by atoms with E-state index in [1.807, 2.05) is 12.1 Å². The Morgan fingerprint density at radius 3 is 3.00 bits per heavy atom. The van der Waals surface area contributed by atoms with E-state index in [1.165, 1.54) is 12.0 Å². The van der Waals surface area contributed by atoms with Gasteiger partial charge in [-0.05, 0) is 43.6 Å². The maximum Gasteiger partial charge on any atom is 0.120 e. The molecule has 3 nitrogen and oxygen atoms in total. The fraction of sp³-hybridized carbons (Fsp3) is 0.600. The molecule has 1 aromatic carbocycles. The Hall–Kier alpha value is -0.770. The highest BCUT2D eigenvalue weighted by molar-refractivity contribution is 6.31. The highest BCUT2D eigenvalue weighted by Crippen LogP contribution is 2.24. The van der Waals surface area contributed by atoms with E-state index in [1.54, 1.807) is 0 Å². The lowest BCUT2D eigenvalue weighted by molar-refractivity contribution is 0.284. The Labute approximate surface area is 120 Å². The second kappa shape index (κ2) is 7.73. The van der Waals surface area contributed by atoms with Crippen molar-refractivity contribution in [2.75, 3.05) is 32.8 Å². The van der Waals surface area contributed by atoms with Crippen LogP contribution in [0.25, 0.3) is 0 Å². The van der Waals surface area contributed by atoms with E-state index < -0.39 is 0 Å². The fourth-order valence-electron chi connectivity index (χ4n) is 2.27. The summed E-state index contributed by atoms with van der Waals surface area (Å²) in [6.07, 6.45) is 2.22. The van der Waals surface area contributed by atoms with Gasteiger partial charge in [0.05, 0.1) is 6.61 Å². The Bertz CT molecular complexity index is 390. The van der Waals surface area contributed by atoms with Crippen molar-refractivity contribution in [2.24, 2.45) is 0 Å². The predicted molar refractivity (Wildman–Crippen MR) is 80.0 cm³/mol. The van der Waals surface area contributed by atoms with Crippen molar-refractivity contribution in [3.05, 3.63) is 28.8 Å². The lowest BCUT2D eigenvalue weighted by Crippen LogP contribution is -2.27. The van der Waals surface area contributed by atoms with Crippen molar-refractivity contribution in [3.63, 3.8) is 0 Å². The molecule has 1 aromatic rings. The Morgan fingerprint density at radius 2 is 2.21 bits per heavy atom. The summed E-state index contributed by atoms with van der Waals surface area (Å²) in [5.41, 5.74) is 1.19. The molecule has 0 aliphatic carbocycles. The van der Waals surface area contributed by atoms with Gasteiger partial charge in [0.1, 0.15) is 5.75 Å². The average Bonchev–Trinajstić information content (AvgIpc) is 2.68. The number of benzene rings is 1. The summed E-state index contributed by atoms with van der Waals surface area (Å²) < 4.78 is 5.59. The van der Waals surface area contributed by atoms with E-state index in [0.29, 0.717) is 0 Å². The summed E-state index contributed by atoms with van der Waals surface area (Å²) >= 11 is 6.35. The molecule has 1 N–H and O–H groups in total. The second-order valence-corrected chi connectivity index (χ2v) is 5.39. The Balaban J connectivity index is 1.95. The molecule has 1 heterocycles. The van der Waals surface area contributed by atoms with Gasteiger partial charge in [0.2, 0.25) is 0 Å². The lowest BCUT2D eigenvalue weighted by Gasteiger charge is -2.20. The molecular formula is C15H23ClN2O. The molecule has 0 radical (unpaired) electrons. The van der Waals surface area contributed by atoms with Crippen molar-refractivity contribution in [2.45, 2.75) is 26.3 Å². The standard InChI is InChI=1S/C15H23ClN2O/c1-2-10-19-14-5-4-13(15(16)11-14)12-18-8-3-6-17-7-9-18/h4-5,11,17H,2-3,6-10,12H2,1H3. The van der Waals surface area contributed by atoms with Crippen LogP contribution in [0.2, 0.25) is 5.02 Å². The maximum atomic E-state index is 6.35. The van der Waals surface area contributed by atoms with Crippen molar-refractivity contribution in [3.8, 4) is 5.75 Å². The number of nitrogens with one attached hydrogen (secondary N) is 1. The van der Waals surface area contributed by atoms with Crippen molar-refractivity contribution in [1.29, 1.82) is 0 Å². The molecule has 0 atom stereocenters. The van der Waals surface area contributed by atoms with Gasteiger partial charge in [0, 0.05) is 24.7 Å². The van der Waals surface area contributed by atoms with Crippen LogP contribution in [0.4, 0.5) is 0 Å². The molecule has 19 heavy (non-hydrogen) atoms. The van der Waals surface area contributed by atoms with Crippen LogP contribution in [0.15, 0.2) is 18.2 Å². The van der Waals surface area contributed by atoms with Crippen LogP contribution in [-0.2, 0) is 6.54 Å². The average molecular weight is 283 g/mol. The van der Waals surface area contributed by atoms with Crippen LogP contribution in [-0.4, -0.2) is 37.7 Å². The third-order valence-corrected chi connectivity index (χ3v) is 3.68. The zero-order chi connectivity index (χ0) is 13.5. The van der Waals surface area contributed by atoms with Gasteiger partial charge in [0.15, 0.2) is 0 Å². The third-order valence-electron chi connectivity index (χ3n) is 3.32. The topological polar surface area (TPSA) is 24.5 Å². The van der Waals surface area contributed by atoms with Crippen molar-refractivity contribution < 1.29 is 4.74 Å². The first-order valence-corrected chi connectivity index (χ1v) is 7.51. The molecule has 4 heteroatoms. The number of rotatable bonds is 5. The molecule has 1 saturated heterocycles. The van der Waals surface area contributed by atoms with Crippen LogP contribution < -0.4 is 10.1 Å². The SMILES string of the molecule is CCCOc1ccc(CN2CCCNCC2)c(Cl)c1. The van der Waals surface area contributed by atoms with Gasteiger partial charge in [-0.1, -0.05) is 24.6 Å². The van der Waals surface area contributed by atoms with Crippen molar-refractivity contribution in [1.82, 2.24) is 10.2 Å². The second-order valence-electron chi connectivity index (χ2n) is 4.98. The maximum absolute atomic E-state index is 6.35. The van der Waals surface area contributed by atoms with Gasteiger partial charge in [0.25, 0.3) is 0 Å². The van der Waals surface area contributed by atoms with E-state index in [0.717, 1.165) is 56.5 Å². The van der Waals surface area contributed by atoms with E-state index in [-0.39, 0.29) is 0 Å². The Morgan fingerprint density at radius 1 is 1.32 bits per heavy atom. The molecule has 106 valence electrons. The van der Waals surface area contributed by atoms with Gasteiger partial charge in [-0.3, -0.25) is 4.90 Å². The number of halogens is 1. The highest BCUT2D eigenvalue weighted by Gasteiger charge is 2.11. The summed E-state index contributed by atoms with van der Waals surface area (Å²) in [4.78, 5) is 2.45. The molecule has 0 bridgehead atoms. The van der Waals surface area contributed by atoms with Crippen LogP contribution in [0.3, 0.4) is 0 Å². The minimum absolute atomic E-state index is 0.744. The summed E-state index contributed by atoms with van der Waals surface area (Å²) in [7, 11) is 0. The number of hydrogen-bond donors (Lipinski definition) is 1. The first-order chi connectivity index (χ1) is 9.29. The molecular weight excluding hydrogens is 260 g/mol. The lowest BCUT2D eigenvalue weighted by atomic mass is 10.2. The quantitative estimate of drug-likeness (QED) is 0.899. The molecule has 1 aliphatic heterocycles. The van der Waals surface area contributed by atoms with Crippen molar-refractivity contribution >= 4 is 11.6 Å². The van der Waals surface area contributed by atoms with Crippen LogP contribution in [0.1, 0.15) is 25.3 Å². The predicted octanol–water partition coefficient (Wildman–Crippen LogP) is 2.92. The van der Waals surface area contributed by atoms with E-state index in [2.05, 4.69) is 23.2 Å². The van der Waals surface area contributed by atoms with Crippen LogP contribution >= 0.6 is 11.6 Å². The summed E-state index contributed by atoms with van der Waals surface area (Å²) in [5.74, 6) is 0.869. The number of hydrogen-bond acceptors (Lipinski definition) is 3. The monoisotopic (exact) mass is 282 g/mol. The first-order valence-electron chi connectivity index (χ1n) is 7.14. The zero-order valence-corrected chi connectivity index (χ0v) is 12.4. The van der Waals surface area contributed by atoms with Crippen LogP contribution in [0, 0.1) is 0 Å². The molecule has 1 fully saturated rings. The summed E-state index contributed by atoms with van der Waals surface area (Å²) in [5, 5.41) is 4.23. The summed E-state index contributed by atoms with van der Waals surface area (Å²) in [6.45, 7) is 8.18. The number of nitrogens with zero attached hydrogens (tertiary/aromatic N) is 1. The zero-order valence-electron chi connectivity index (χ0n) is 11.6. The number of ether oxygens (including phenoxy) is 1. The molecule has 0 saturated carbocycles. The Kier molecular flexibility index (Phi) is 5.95. The van der Waals surface area contributed by atoms with Gasteiger partial charge in [-0.25, -0.2) is 0 Å². The van der Waals surface area contributed by atoms with Gasteiger partial charge < -0.3 is 10.1 Å². The normalized spacial score (nSPS) is 17.2. The molecule has 0 unspecified atom stereocenters. The highest BCUT2D eigenvalue weighted by atomic mass is 35.5. The molecule has 0 amide bonds. The smallest absolute Gasteiger partial charge is 0.120 e. The van der Waals surface area contributed by atoms with E-state index in [4.69, 9.17) is 16.3 Å². The molecule has 2 rings (SSSR count).